The third-order valence-corrected chi connectivity index (χ3v) is 8.55. The first-order valence-corrected chi connectivity index (χ1v) is 17.3. The highest BCUT2D eigenvalue weighted by Crippen LogP contribution is 2.34. The van der Waals surface area contributed by atoms with Crippen LogP contribution in [0.5, 0.6) is 0 Å². The fourth-order valence-corrected chi connectivity index (χ4v) is 6.18. The number of fused-ring (bicyclic) bond motifs is 1. The summed E-state index contributed by atoms with van der Waals surface area (Å²) in [6.45, 7) is 6.29. The van der Waals surface area contributed by atoms with Crippen LogP contribution in [0.1, 0.15) is 37.5 Å². The molecular weight excluding hydrogens is 644 g/mol. The van der Waals surface area contributed by atoms with Crippen LogP contribution < -0.4 is 5.32 Å². The Hall–Kier alpha value is -4.64. The molecule has 0 unspecified atom stereocenters. The minimum absolute atomic E-state index is 0.233. The van der Waals surface area contributed by atoms with Gasteiger partial charge in [0, 0.05) is 18.7 Å². The van der Waals surface area contributed by atoms with E-state index in [1.54, 1.807) is 13.3 Å². The summed E-state index contributed by atoms with van der Waals surface area (Å²) in [6, 6.07) is 38.2. The Balaban J connectivity index is 1.42. The maximum absolute atomic E-state index is 14.3. The van der Waals surface area contributed by atoms with Crippen molar-refractivity contribution in [2.75, 3.05) is 12.4 Å². The van der Waals surface area contributed by atoms with Crippen LogP contribution in [0.3, 0.4) is 0 Å². The lowest BCUT2D eigenvalue weighted by Crippen LogP contribution is -2.65. The number of carbonyl (C=O) groups is 1. The van der Waals surface area contributed by atoms with Crippen molar-refractivity contribution in [1.82, 2.24) is 4.98 Å². The quantitative estimate of drug-likeness (QED) is 0.119. The summed E-state index contributed by atoms with van der Waals surface area (Å²) in [7, 11) is 1.56. The topological polar surface area (TPSA) is 97.4 Å². The molecule has 0 radical (unpaired) electrons. The number of aromatic nitrogens is 1. The zero-order valence-electron chi connectivity index (χ0n) is 29.5. The van der Waals surface area contributed by atoms with Gasteiger partial charge in [0.25, 0.3) is 0 Å². The van der Waals surface area contributed by atoms with Crippen LogP contribution in [-0.4, -0.2) is 60.4 Å². The molecule has 0 bridgehead atoms. The van der Waals surface area contributed by atoms with Crippen LogP contribution >= 0.6 is 0 Å². The Kier molecular flexibility index (Phi) is 12.1. The van der Waals surface area contributed by atoms with Gasteiger partial charge in [0.2, 0.25) is 0 Å². The van der Waals surface area contributed by atoms with E-state index in [-0.39, 0.29) is 19.8 Å². The highest BCUT2D eigenvalue weighted by atomic mass is 16.7. The van der Waals surface area contributed by atoms with Gasteiger partial charge in [0.1, 0.15) is 30.0 Å². The maximum Gasteiger partial charge on any atom is 0.331 e. The number of hydrogen-bond acceptors (Lipinski definition) is 9. The van der Waals surface area contributed by atoms with Crippen molar-refractivity contribution in [3.05, 3.63) is 144 Å². The van der Waals surface area contributed by atoms with E-state index in [0.717, 1.165) is 22.1 Å². The van der Waals surface area contributed by atoms with Crippen molar-refractivity contribution in [2.24, 2.45) is 0 Å². The van der Waals surface area contributed by atoms with E-state index in [2.05, 4.69) is 10.3 Å². The summed E-state index contributed by atoms with van der Waals surface area (Å²) >= 11 is 0. The van der Waals surface area contributed by atoms with Gasteiger partial charge in [-0.1, -0.05) is 109 Å². The van der Waals surface area contributed by atoms with Gasteiger partial charge in [-0.3, -0.25) is 4.98 Å². The van der Waals surface area contributed by atoms with E-state index in [4.69, 9.17) is 28.4 Å². The molecule has 0 saturated carbocycles. The number of carbonyl (C=O) groups excluding carboxylic acids is 1. The molecule has 9 heteroatoms. The van der Waals surface area contributed by atoms with Crippen molar-refractivity contribution in [3.63, 3.8) is 0 Å². The van der Waals surface area contributed by atoms with Crippen LogP contribution in [0.15, 0.2) is 128 Å². The van der Waals surface area contributed by atoms with E-state index in [1.807, 2.05) is 142 Å². The van der Waals surface area contributed by atoms with E-state index >= 15 is 0 Å². The van der Waals surface area contributed by atoms with Crippen LogP contribution in [0.25, 0.3) is 10.9 Å². The molecule has 0 amide bonds. The van der Waals surface area contributed by atoms with Gasteiger partial charge in [-0.05, 0) is 49.6 Å². The van der Waals surface area contributed by atoms with Gasteiger partial charge in [-0.25, -0.2) is 4.79 Å². The molecule has 9 nitrogen and oxygen atoms in total. The first-order valence-electron chi connectivity index (χ1n) is 17.3. The van der Waals surface area contributed by atoms with Gasteiger partial charge in [0.05, 0.1) is 31.0 Å². The number of nitrogens with one attached hydrogen (secondary N) is 1. The standard InChI is InChI=1S/C42H46N2O7/c1-42(2,3)51-40(45)35(44-33-24-14-22-32-23-15-25-43-34(32)33)36-37(47-26-29-16-8-5-9-17-29)38(48-27-30-18-10-6-11-19-30)39(41(46-4)50-36)49-28-31-20-12-7-13-21-31/h5-25,35-39,41,44H,26-28H2,1-4H3/t35-,36+,37+,38-,39-,41-/m0/s1. The predicted molar refractivity (Wildman–Crippen MR) is 196 cm³/mol. The Morgan fingerprint density at radius 2 is 1.24 bits per heavy atom. The number of methoxy groups -OCH3 is 1. The van der Waals surface area contributed by atoms with Gasteiger partial charge in [-0.2, -0.15) is 0 Å². The molecule has 1 fully saturated rings. The zero-order valence-corrected chi connectivity index (χ0v) is 29.5. The molecule has 266 valence electrons. The summed E-state index contributed by atoms with van der Waals surface area (Å²) in [5.74, 6) is -0.519. The molecule has 1 aliphatic rings. The Labute approximate surface area is 299 Å². The summed E-state index contributed by atoms with van der Waals surface area (Å²) in [5, 5.41) is 4.38. The summed E-state index contributed by atoms with van der Waals surface area (Å²) < 4.78 is 39.0. The van der Waals surface area contributed by atoms with E-state index in [9.17, 15) is 4.79 Å². The van der Waals surface area contributed by atoms with Crippen LogP contribution in [0.4, 0.5) is 5.69 Å². The third-order valence-electron chi connectivity index (χ3n) is 8.55. The number of esters is 1. The second kappa shape index (κ2) is 17.0. The number of anilines is 1. The molecule has 6 atom stereocenters. The number of para-hydroxylation sites is 1. The minimum Gasteiger partial charge on any atom is -0.458 e. The SMILES string of the molecule is CO[C@H]1O[C@H]([C@H](Nc2cccc3cccnc23)C(=O)OC(C)(C)C)[C@@H](OCc2ccccc2)[C@H](OCc2ccccc2)[C@@H]1OCc1ccccc1. The highest BCUT2D eigenvalue weighted by molar-refractivity contribution is 5.92. The van der Waals surface area contributed by atoms with E-state index in [0.29, 0.717) is 11.2 Å². The molecule has 1 N–H and O–H groups in total. The molecule has 51 heavy (non-hydrogen) atoms. The van der Waals surface area contributed by atoms with Crippen molar-refractivity contribution in [2.45, 2.75) is 82.9 Å². The van der Waals surface area contributed by atoms with Crippen LogP contribution in [-0.2, 0) is 53.0 Å². The Bertz CT molecular complexity index is 1810. The van der Waals surface area contributed by atoms with Crippen LogP contribution in [0.2, 0.25) is 0 Å². The monoisotopic (exact) mass is 690 g/mol. The van der Waals surface area contributed by atoms with E-state index in [1.165, 1.54) is 0 Å². The van der Waals surface area contributed by atoms with Crippen LogP contribution in [0, 0.1) is 0 Å². The molecule has 0 spiro atoms. The molecule has 1 aliphatic heterocycles. The molecule has 6 rings (SSSR count). The molecular formula is C42H46N2O7. The van der Waals surface area contributed by atoms with Crippen molar-refractivity contribution < 1.29 is 33.2 Å². The predicted octanol–water partition coefficient (Wildman–Crippen LogP) is 7.48. The zero-order chi connectivity index (χ0) is 35.6. The lowest BCUT2D eigenvalue weighted by atomic mass is 9.92. The first-order chi connectivity index (χ1) is 24.8. The number of hydrogen-bond donors (Lipinski definition) is 1. The average molecular weight is 691 g/mol. The van der Waals surface area contributed by atoms with Gasteiger partial charge in [0.15, 0.2) is 12.3 Å². The minimum atomic E-state index is -1.06. The second-order valence-electron chi connectivity index (χ2n) is 13.5. The Morgan fingerprint density at radius 1 is 0.706 bits per heavy atom. The fourth-order valence-electron chi connectivity index (χ4n) is 6.18. The average Bonchev–Trinajstić information content (AvgIpc) is 3.15. The van der Waals surface area contributed by atoms with Gasteiger partial charge in [-0.15, -0.1) is 0 Å². The number of pyridine rings is 1. The molecule has 1 aromatic heterocycles. The summed E-state index contributed by atoms with van der Waals surface area (Å²) in [5.41, 5.74) is 3.47. The lowest BCUT2D eigenvalue weighted by Gasteiger charge is -2.47. The summed E-state index contributed by atoms with van der Waals surface area (Å²) in [6.07, 6.45) is -2.44. The smallest absolute Gasteiger partial charge is 0.331 e. The molecule has 0 aliphatic carbocycles. The largest absolute Gasteiger partial charge is 0.458 e. The third kappa shape index (κ3) is 9.58. The second-order valence-corrected chi connectivity index (χ2v) is 13.5. The summed E-state index contributed by atoms with van der Waals surface area (Å²) in [4.78, 5) is 19.0. The molecule has 4 aromatic carbocycles. The number of benzene rings is 4. The van der Waals surface area contributed by atoms with Gasteiger partial charge >= 0.3 is 5.97 Å². The van der Waals surface area contributed by atoms with Crippen molar-refractivity contribution in [1.29, 1.82) is 0 Å². The number of nitrogens with zero attached hydrogens (tertiary/aromatic N) is 1. The van der Waals surface area contributed by atoms with Crippen molar-refractivity contribution >= 4 is 22.6 Å². The number of ether oxygens (including phenoxy) is 6. The maximum atomic E-state index is 14.3. The molecule has 1 saturated heterocycles. The first kappa shape index (κ1) is 36.2. The van der Waals surface area contributed by atoms with Gasteiger partial charge < -0.3 is 33.7 Å². The number of rotatable bonds is 14. The Morgan fingerprint density at radius 3 is 1.78 bits per heavy atom. The van der Waals surface area contributed by atoms with Crippen molar-refractivity contribution in [3.8, 4) is 0 Å². The lowest BCUT2D eigenvalue weighted by molar-refractivity contribution is -0.319. The fraction of sp³-hybridized carbons (Fsp3) is 0.333. The molecule has 5 aromatic rings. The normalized spacial score (nSPS) is 21.2. The van der Waals surface area contributed by atoms with E-state index < -0.39 is 48.3 Å². The highest BCUT2D eigenvalue weighted by Gasteiger charge is 2.53. The molecule has 2 heterocycles.